The third-order valence-corrected chi connectivity index (χ3v) is 6.35. The number of carbonyl (C=O) groups is 3. The zero-order valence-corrected chi connectivity index (χ0v) is 19.5. The fraction of sp³-hybridized carbons (Fsp3) is 0.250. The fourth-order valence-electron chi connectivity index (χ4n) is 3.60. The molecule has 3 heterocycles. The number of methoxy groups -OCH3 is 1. The lowest BCUT2D eigenvalue weighted by molar-refractivity contribution is -0.117. The number of amides is 1. The van der Waals surface area contributed by atoms with E-state index in [1.54, 1.807) is 43.3 Å². The molecule has 1 N–H and O–H groups in total. The summed E-state index contributed by atoms with van der Waals surface area (Å²) >= 11 is 0.928. The Labute approximate surface area is 199 Å². The van der Waals surface area contributed by atoms with Gasteiger partial charge >= 0.3 is 5.97 Å². The number of aliphatic hydroxyl groups excluding tert-OH is 1. The van der Waals surface area contributed by atoms with E-state index in [9.17, 15) is 19.5 Å². The molecule has 1 aliphatic heterocycles. The predicted molar refractivity (Wildman–Crippen MR) is 123 cm³/mol. The summed E-state index contributed by atoms with van der Waals surface area (Å²) in [4.78, 5) is 44.4. The van der Waals surface area contributed by atoms with E-state index < -0.39 is 29.5 Å². The fourth-order valence-corrected chi connectivity index (χ4v) is 4.61. The highest BCUT2D eigenvalue weighted by Gasteiger charge is 2.47. The number of Topliss-reactive ketones (excluding diaryl/α,β-unsaturated/α-hetero) is 1. The summed E-state index contributed by atoms with van der Waals surface area (Å²) in [5, 5.41) is 10.9. The molecule has 1 aliphatic rings. The lowest BCUT2D eigenvalue weighted by Gasteiger charge is -2.22. The molecule has 1 amide bonds. The van der Waals surface area contributed by atoms with Crippen molar-refractivity contribution in [3.8, 4) is 5.75 Å². The zero-order chi connectivity index (χ0) is 24.4. The number of aromatic nitrogens is 1. The van der Waals surface area contributed by atoms with Gasteiger partial charge in [-0.25, -0.2) is 9.78 Å². The first-order chi connectivity index (χ1) is 16.4. The van der Waals surface area contributed by atoms with Crippen LogP contribution in [0.3, 0.4) is 0 Å². The van der Waals surface area contributed by atoms with Crippen molar-refractivity contribution >= 4 is 34.1 Å². The Morgan fingerprint density at radius 2 is 1.97 bits per heavy atom. The van der Waals surface area contributed by atoms with Gasteiger partial charge in [-0.2, -0.15) is 0 Å². The van der Waals surface area contributed by atoms with Gasteiger partial charge in [0, 0.05) is 5.56 Å². The number of hydrogen-bond acceptors (Lipinski definition) is 9. The van der Waals surface area contributed by atoms with Gasteiger partial charge in [-0.1, -0.05) is 18.3 Å². The molecule has 1 atom stereocenters. The van der Waals surface area contributed by atoms with Crippen LogP contribution in [0.4, 0.5) is 5.13 Å². The summed E-state index contributed by atoms with van der Waals surface area (Å²) in [5.41, 5.74) is 0.483. The predicted octanol–water partition coefficient (Wildman–Crippen LogP) is 4.40. The maximum Gasteiger partial charge on any atom is 0.350 e. The van der Waals surface area contributed by atoms with E-state index in [-0.39, 0.29) is 26.9 Å². The van der Waals surface area contributed by atoms with Crippen LogP contribution in [0.5, 0.6) is 5.75 Å². The average molecular weight is 483 g/mol. The number of nitrogens with zero attached hydrogens (tertiary/aromatic N) is 2. The molecule has 4 rings (SSSR count). The average Bonchev–Trinajstić information content (AvgIpc) is 3.56. The van der Waals surface area contributed by atoms with Crippen molar-refractivity contribution in [3.05, 3.63) is 75.9 Å². The molecule has 1 aromatic carbocycles. The highest BCUT2D eigenvalue weighted by atomic mass is 32.1. The molecule has 0 aliphatic carbocycles. The molecule has 0 fully saturated rings. The summed E-state index contributed by atoms with van der Waals surface area (Å²) < 4.78 is 15.9. The van der Waals surface area contributed by atoms with Crippen LogP contribution in [0.25, 0.3) is 0 Å². The zero-order valence-electron chi connectivity index (χ0n) is 18.7. The number of ether oxygens (including phenoxy) is 2. The number of carbonyl (C=O) groups excluding carboxylic acids is 3. The topological polar surface area (TPSA) is 119 Å². The minimum absolute atomic E-state index is 0.127. The summed E-state index contributed by atoms with van der Waals surface area (Å²) in [6.45, 7) is 4.14. The Morgan fingerprint density at radius 1 is 1.24 bits per heavy atom. The number of hydrogen-bond donors (Lipinski definition) is 1. The maximum atomic E-state index is 13.5. The second-order valence-corrected chi connectivity index (χ2v) is 8.44. The van der Waals surface area contributed by atoms with E-state index in [4.69, 9.17) is 13.9 Å². The Morgan fingerprint density at radius 3 is 2.59 bits per heavy atom. The maximum absolute atomic E-state index is 13.5. The van der Waals surface area contributed by atoms with Crippen LogP contribution >= 0.6 is 11.3 Å². The molecule has 9 nitrogen and oxygen atoms in total. The first-order valence-electron chi connectivity index (χ1n) is 10.5. The molecular weight excluding hydrogens is 460 g/mol. The molecule has 0 saturated heterocycles. The highest BCUT2D eigenvalue weighted by molar-refractivity contribution is 7.17. The number of thiazole rings is 1. The van der Waals surface area contributed by atoms with Crippen molar-refractivity contribution in [1.29, 1.82) is 0 Å². The van der Waals surface area contributed by atoms with Crippen LogP contribution in [-0.2, 0) is 9.53 Å². The Bertz CT molecular complexity index is 1260. The second kappa shape index (κ2) is 9.52. The number of anilines is 1. The van der Waals surface area contributed by atoms with Crippen molar-refractivity contribution in [2.75, 3.05) is 18.6 Å². The number of benzene rings is 1. The van der Waals surface area contributed by atoms with Crippen LogP contribution in [-0.4, -0.2) is 41.5 Å². The van der Waals surface area contributed by atoms with Crippen LogP contribution in [0.1, 0.15) is 50.9 Å². The first kappa shape index (κ1) is 23.2. The summed E-state index contributed by atoms with van der Waals surface area (Å²) in [7, 11) is 1.25. The quantitative estimate of drug-likeness (QED) is 0.371. The van der Waals surface area contributed by atoms with Crippen molar-refractivity contribution in [2.45, 2.75) is 26.3 Å². The molecule has 0 saturated carbocycles. The van der Waals surface area contributed by atoms with E-state index in [1.165, 1.54) is 13.4 Å². The Balaban J connectivity index is 1.75. The van der Waals surface area contributed by atoms with Crippen LogP contribution in [0.15, 0.2) is 58.4 Å². The minimum atomic E-state index is -1.07. The number of ketones is 1. The van der Waals surface area contributed by atoms with E-state index in [2.05, 4.69) is 4.98 Å². The number of aryl methyl sites for hydroxylation is 1. The van der Waals surface area contributed by atoms with Crippen LogP contribution in [0.2, 0.25) is 0 Å². The third-order valence-electron chi connectivity index (χ3n) is 5.22. The van der Waals surface area contributed by atoms with Gasteiger partial charge < -0.3 is 19.0 Å². The minimum Gasteiger partial charge on any atom is -0.503 e. The van der Waals surface area contributed by atoms with Crippen molar-refractivity contribution < 1.29 is 33.4 Å². The van der Waals surface area contributed by atoms with E-state index in [0.717, 1.165) is 22.7 Å². The Kier molecular flexibility index (Phi) is 6.51. The smallest absolute Gasteiger partial charge is 0.350 e. The molecule has 2 aromatic heterocycles. The van der Waals surface area contributed by atoms with Crippen molar-refractivity contribution in [2.24, 2.45) is 0 Å². The summed E-state index contributed by atoms with van der Waals surface area (Å²) in [6, 6.07) is 8.60. The molecule has 176 valence electrons. The van der Waals surface area contributed by atoms with Gasteiger partial charge in [-0.3, -0.25) is 14.5 Å². The van der Waals surface area contributed by atoms with Gasteiger partial charge in [-0.15, -0.1) is 0 Å². The molecular formula is C24H22N2O7S. The third kappa shape index (κ3) is 4.08. The van der Waals surface area contributed by atoms with Crippen LogP contribution < -0.4 is 9.64 Å². The number of rotatable bonds is 8. The number of furan rings is 1. The monoisotopic (exact) mass is 482 g/mol. The Hall–Kier alpha value is -3.92. The number of aliphatic hydroxyl groups is 1. The normalized spacial score (nSPS) is 15.7. The van der Waals surface area contributed by atoms with E-state index in [0.29, 0.717) is 18.1 Å². The van der Waals surface area contributed by atoms with Gasteiger partial charge in [-0.05, 0) is 49.7 Å². The van der Waals surface area contributed by atoms with Gasteiger partial charge in [0.05, 0.1) is 31.2 Å². The molecule has 10 heteroatoms. The lowest BCUT2D eigenvalue weighted by atomic mass is 9.96. The standard InChI is InChI=1S/C24H22N2O7S/c1-4-11-32-15-9-7-14(8-10-15)19(27)17-18(16-6-5-12-33-16)26(22(29)20(17)28)24-25-13(2)21(34-24)23(30)31-3/h5-10,12,18,28H,4,11H2,1-3H3. The van der Waals surface area contributed by atoms with Crippen LogP contribution in [0, 0.1) is 6.92 Å². The highest BCUT2D eigenvalue weighted by Crippen LogP contribution is 2.43. The molecule has 3 aromatic rings. The summed E-state index contributed by atoms with van der Waals surface area (Å²) in [5.74, 6) is -1.80. The first-order valence-corrected chi connectivity index (χ1v) is 11.3. The molecule has 0 spiro atoms. The van der Waals surface area contributed by atoms with Gasteiger partial charge in [0.1, 0.15) is 22.4 Å². The SMILES string of the molecule is CCCOc1ccc(C(=O)C2=C(O)C(=O)N(c3nc(C)c(C(=O)OC)s3)C2c2ccco2)cc1. The van der Waals surface area contributed by atoms with Gasteiger partial charge in [0.2, 0.25) is 0 Å². The summed E-state index contributed by atoms with van der Waals surface area (Å²) in [6.07, 6.45) is 2.25. The van der Waals surface area contributed by atoms with Crippen molar-refractivity contribution in [1.82, 2.24) is 4.98 Å². The molecule has 0 radical (unpaired) electrons. The molecule has 0 bridgehead atoms. The van der Waals surface area contributed by atoms with Gasteiger partial charge in [0.25, 0.3) is 5.91 Å². The molecule has 34 heavy (non-hydrogen) atoms. The molecule has 1 unspecified atom stereocenters. The van der Waals surface area contributed by atoms with Crippen molar-refractivity contribution in [3.63, 3.8) is 0 Å². The largest absolute Gasteiger partial charge is 0.503 e. The lowest BCUT2D eigenvalue weighted by Crippen LogP contribution is -2.30. The second-order valence-electron chi connectivity index (χ2n) is 7.46. The number of esters is 1. The van der Waals surface area contributed by atoms with Gasteiger partial charge in [0.15, 0.2) is 16.7 Å². The van der Waals surface area contributed by atoms with E-state index >= 15 is 0 Å². The van der Waals surface area contributed by atoms with E-state index in [1.807, 2.05) is 6.92 Å².